The highest BCUT2D eigenvalue weighted by Gasteiger charge is 2.36. The molecule has 5 rings (SSSR count). The average molecular weight is 433 g/mol. The van der Waals surface area contributed by atoms with Gasteiger partial charge in [-0.15, -0.1) is 0 Å². The minimum Gasteiger partial charge on any atom is -0.327 e. The van der Waals surface area contributed by atoms with Gasteiger partial charge >= 0.3 is 0 Å². The maximum absolute atomic E-state index is 13.2. The first-order valence-electron chi connectivity index (χ1n) is 9.12. The van der Waals surface area contributed by atoms with E-state index in [1.807, 2.05) is 59.6 Å². The molecule has 1 atom stereocenters. The van der Waals surface area contributed by atoms with Gasteiger partial charge in [-0.2, -0.15) is 5.10 Å². The highest BCUT2D eigenvalue weighted by Crippen LogP contribution is 2.37. The molecule has 1 aliphatic heterocycles. The van der Waals surface area contributed by atoms with E-state index >= 15 is 0 Å². The lowest BCUT2D eigenvalue weighted by molar-refractivity contribution is 0.0708. The molecule has 0 spiro atoms. The molecule has 28 heavy (non-hydrogen) atoms. The Morgan fingerprint density at radius 1 is 1.11 bits per heavy atom. The van der Waals surface area contributed by atoms with E-state index in [0.717, 1.165) is 37.8 Å². The summed E-state index contributed by atoms with van der Waals surface area (Å²) in [6.45, 7) is 0.545. The number of hydrogen-bond donors (Lipinski definition) is 1. The van der Waals surface area contributed by atoms with Crippen LogP contribution in [0.4, 0.5) is 0 Å². The van der Waals surface area contributed by atoms with Crippen LogP contribution in [0.3, 0.4) is 0 Å². The SMILES string of the molecule is O=C1c2ccccc2C(Cc2ncccc2Br)N1Cc1ccc2[nH]ncc2c1. The van der Waals surface area contributed by atoms with Gasteiger partial charge < -0.3 is 4.90 Å². The molecule has 0 radical (unpaired) electrons. The third-order valence-corrected chi connectivity index (χ3v) is 5.99. The number of amides is 1. The van der Waals surface area contributed by atoms with E-state index in [1.165, 1.54) is 0 Å². The van der Waals surface area contributed by atoms with Crippen LogP contribution in [-0.2, 0) is 13.0 Å². The summed E-state index contributed by atoms with van der Waals surface area (Å²) in [6, 6.07) is 17.9. The van der Waals surface area contributed by atoms with E-state index < -0.39 is 0 Å². The number of carbonyl (C=O) groups excluding carboxylic acids is 1. The standard InChI is InChI=1S/C22H17BrN4O/c23-18-6-3-9-24-20(18)11-21-16-4-1-2-5-17(16)22(28)27(21)13-14-7-8-19-15(10-14)12-25-26-19/h1-10,12,21H,11,13H2,(H,25,26). The normalized spacial score (nSPS) is 16.0. The second-order valence-electron chi connectivity index (χ2n) is 6.96. The number of pyridine rings is 1. The number of fused-ring (bicyclic) bond motifs is 2. The summed E-state index contributed by atoms with van der Waals surface area (Å²) in [4.78, 5) is 19.6. The third-order valence-electron chi connectivity index (χ3n) is 5.27. The summed E-state index contributed by atoms with van der Waals surface area (Å²) in [7, 11) is 0. The topological polar surface area (TPSA) is 61.9 Å². The first-order chi connectivity index (χ1) is 13.7. The van der Waals surface area contributed by atoms with E-state index in [2.05, 4.69) is 37.2 Å². The number of hydrogen-bond acceptors (Lipinski definition) is 3. The quantitative estimate of drug-likeness (QED) is 0.509. The van der Waals surface area contributed by atoms with Crippen molar-refractivity contribution >= 4 is 32.7 Å². The molecular weight excluding hydrogens is 416 g/mol. The van der Waals surface area contributed by atoms with Gasteiger partial charge in [0.15, 0.2) is 0 Å². The largest absolute Gasteiger partial charge is 0.327 e. The minimum atomic E-state index is -0.0463. The molecule has 2 aromatic carbocycles. The minimum absolute atomic E-state index is 0.0463. The lowest BCUT2D eigenvalue weighted by Gasteiger charge is -2.26. The molecule has 1 amide bonds. The zero-order valence-electron chi connectivity index (χ0n) is 15.0. The van der Waals surface area contributed by atoms with Crippen LogP contribution in [0.15, 0.2) is 71.5 Å². The van der Waals surface area contributed by atoms with Crippen LogP contribution in [0.25, 0.3) is 10.9 Å². The lowest BCUT2D eigenvalue weighted by atomic mass is 10.00. The number of nitrogens with zero attached hydrogens (tertiary/aromatic N) is 3. The number of rotatable bonds is 4. The third kappa shape index (κ3) is 2.90. The lowest BCUT2D eigenvalue weighted by Crippen LogP contribution is -2.29. The number of aromatic amines is 1. The van der Waals surface area contributed by atoms with E-state index in [9.17, 15) is 4.79 Å². The molecule has 1 N–H and O–H groups in total. The van der Waals surface area contributed by atoms with Gasteiger partial charge in [-0.25, -0.2) is 0 Å². The Morgan fingerprint density at radius 2 is 2.00 bits per heavy atom. The van der Waals surface area contributed by atoms with Gasteiger partial charge in [-0.1, -0.05) is 24.3 Å². The number of benzene rings is 2. The van der Waals surface area contributed by atoms with Crippen molar-refractivity contribution in [1.82, 2.24) is 20.1 Å². The number of H-pyrrole nitrogens is 1. The van der Waals surface area contributed by atoms with Crippen molar-refractivity contribution in [3.8, 4) is 0 Å². The molecule has 3 heterocycles. The molecule has 5 nitrogen and oxygen atoms in total. The molecule has 6 heteroatoms. The molecule has 1 aliphatic rings. The first-order valence-corrected chi connectivity index (χ1v) is 9.91. The number of halogens is 1. The molecule has 2 aromatic heterocycles. The summed E-state index contributed by atoms with van der Waals surface area (Å²) >= 11 is 3.59. The molecular formula is C22H17BrN4O. The van der Waals surface area contributed by atoms with Gasteiger partial charge in [0.05, 0.1) is 23.4 Å². The van der Waals surface area contributed by atoms with Gasteiger partial charge in [0.1, 0.15) is 0 Å². The maximum Gasteiger partial charge on any atom is 0.255 e. The predicted octanol–water partition coefficient (Wildman–Crippen LogP) is 4.66. The highest BCUT2D eigenvalue weighted by molar-refractivity contribution is 9.10. The van der Waals surface area contributed by atoms with E-state index in [-0.39, 0.29) is 11.9 Å². The van der Waals surface area contributed by atoms with Gasteiger partial charge in [-0.3, -0.25) is 14.9 Å². The summed E-state index contributed by atoms with van der Waals surface area (Å²) in [6.07, 6.45) is 4.26. The van der Waals surface area contributed by atoms with Crippen LogP contribution in [0.1, 0.15) is 33.2 Å². The van der Waals surface area contributed by atoms with Crippen molar-refractivity contribution in [2.45, 2.75) is 19.0 Å². The van der Waals surface area contributed by atoms with Crippen LogP contribution in [0.2, 0.25) is 0 Å². The van der Waals surface area contributed by atoms with Gasteiger partial charge in [0.2, 0.25) is 0 Å². The Kier molecular flexibility index (Phi) is 4.20. The van der Waals surface area contributed by atoms with Crippen molar-refractivity contribution in [2.75, 3.05) is 0 Å². The van der Waals surface area contributed by atoms with Crippen molar-refractivity contribution < 1.29 is 4.79 Å². The molecule has 138 valence electrons. The molecule has 4 aromatic rings. The number of carbonyl (C=O) groups is 1. The Hall–Kier alpha value is -2.99. The van der Waals surface area contributed by atoms with Crippen LogP contribution >= 0.6 is 15.9 Å². The molecule has 1 unspecified atom stereocenters. The van der Waals surface area contributed by atoms with Gasteiger partial charge in [-0.05, 0) is 57.4 Å². The van der Waals surface area contributed by atoms with Crippen LogP contribution in [0, 0.1) is 0 Å². The van der Waals surface area contributed by atoms with Crippen molar-refractivity contribution in [1.29, 1.82) is 0 Å². The summed E-state index contributed by atoms with van der Waals surface area (Å²) < 4.78 is 0.964. The van der Waals surface area contributed by atoms with Crippen LogP contribution in [0.5, 0.6) is 0 Å². The first kappa shape index (κ1) is 17.1. The second-order valence-corrected chi connectivity index (χ2v) is 7.82. The molecule has 0 aliphatic carbocycles. The summed E-state index contributed by atoms with van der Waals surface area (Å²) in [5, 5.41) is 8.10. The van der Waals surface area contributed by atoms with Crippen LogP contribution < -0.4 is 0 Å². The maximum atomic E-state index is 13.2. The van der Waals surface area contributed by atoms with Crippen LogP contribution in [-0.4, -0.2) is 26.0 Å². The zero-order valence-corrected chi connectivity index (χ0v) is 16.6. The number of aromatic nitrogens is 3. The average Bonchev–Trinajstić information content (AvgIpc) is 3.28. The van der Waals surface area contributed by atoms with E-state index in [1.54, 1.807) is 6.20 Å². The molecule has 0 bridgehead atoms. The molecule has 0 saturated carbocycles. The monoisotopic (exact) mass is 432 g/mol. The van der Waals surface area contributed by atoms with E-state index in [0.29, 0.717) is 13.0 Å². The smallest absolute Gasteiger partial charge is 0.255 e. The fraction of sp³-hybridized carbons (Fsp3) is 0.136. The predicted molar refractivity (Wildman–Crippen MR) is 111 cm³/mol. The number of nitrogens with one attached hydrogen (secondary N) is 1. The van der Waals surface area contributed by atoms with Gasteiger partial charge in [0.25, 0.3) is 5.91 Å². The van der Waals surface area contributed by atoms with Crippen molar-refractivity contribution in [3.63, 3.8) is 0 Å². The summed E-state index contributed by atoms with van der Waals surface area (Å²) in [5.41, 5.74) is 4.87. The fourth-order valence-electron chi connectivity index (χ4n) is 3.89. The summed E-state index contributed by atoms with van der Waals surface area (Å²) in [5.74, 6) is 0.0694. The Morgan fingerprint density at radius 3 is 2.89 bits per heavy atom. The highest BCUT2D eigenvalue weighted by atomic mass is 79.9. The molecule has 0 fully saturated rings. The molecule has 0 saturated heterocycles. The van der Waals surface area contributed by atoms with Crippen molar-refractivity contribution in [2.24, 2.45) is 0 Å². The Labute approximate surface area is 170 Å². The second kappa shape index (κ2) is 6.87. The zero-order chi connectivity index (χ0) is 19.1. The van der Waals surface area contributed by atoms with Gasteiger partial charge in [0, 0.05) is 34.6 Å². The van der Waals surface area contributed by atoms with E-state index in [4.69, 9.17) is 0 Å². The Bertz CT molecular complexity index is 1190. The fourth-order valence-corrected chi connectivity index (χ4v) is 4.30. The Balaban J connectivity index is 1.52. The van der Waals surface area contributed by atoms with Crippen molar-refractivity contribution in [3.05, 3.63) is 93.8 Å².